The van der Waals surface area contributed by atoms with Gasteiger partial charge in [0.25, 0.3) is 0 Å². The molecule has 0 spiro atoms. The zero-order valence-electron chi connectivity index (χ0n) is 15.4. The van der Waals surface area contributed by atoms with Crippen LogP contribution in [0.1, 0.15) is 24.0 Å². The third-order valence-corrected chi connectivity index (χ3v) is 6.38. The quantitative estimate of drug-likeness (QED) is 0.541. The van der Waals surface area contributed by atoms with Gasteiger partial charge in [0.15, 0.2) is 0 Å². The van der Waals surface area contributed by atoms with Gasteiger partial charge in [-0.25, -0.2) is 26.7 Å². The van der Waals surface area contributed by atoms with Crippen molar-refractivity contribution in [2.75, 3.05) is 5.32 Å². The van der Waals surface area contributed by atoms with Crippen LogP contribution in [0.4, 0.5) is 5.69 Å². The second-order valence-corrected chi connectivity index (χ2v) is 10.1. The van der Waals surface area contributed by atoms with Crippen LogP contribution in [0.2, 0.25) is 0 Å². The molecule has 0 heterocycles. The van der Waals surface area contributed by atoms with Crippen LogP contribution in [-0.4, -0.2) is 28.8 Å². The van der Waals surface area contributed by atoms with Crippen molar-refractivity contribution in [2.45, 2.75) is 29.5 Å². The van der Waals surface area contributed by atoms with E-state index in [-0.39, 0.29) is 22.6 Å². The molecule has 0 saturated heterocycles. The summed E-state index contributed by atoms with van der Waals surface area (Å²) >= 11 is 0. The van der Waals surface area contributed by atoms with Gasteiger partial charge < -0.3 is 5.32 Å². The summed E-state index contributed by atoms with van der Waals surface area (Å²) in [5.74, 6) is -0.653. The number of rotatable bonds is 8. The number of carbonyl (C=O) groups excluding carboxylic acids is 1. The summed E-state index contributed by atoms with van der Waals surface area (Å²) < 4.78 is 49.0. The zero-order chi connectivity index (χ0) is 21.1. The highest BCUT2D eigenvalue weighted by Gasteiger charge is 2.27. The number of sulfonamides is 2. The van der Waals surface area contributed by atoms with Gasteiger partial charge >= 0.3 is 0 Å². The molecule has 4 N–H and O–H groups in total. The number of hydrogen-bond donors (Lipinski definition) is 3. The van der Waals surface area contributed by atoms with Crippen LogP contribution < -0.4 is 15.2 Å². The first-order valence-electron chi connectivity index (χ1n) is 8.82. The molecular weight excluding hydrogens is 414 g/mol. The van der Waals surface area contributed by atoms with Crippen LogP contribution in [0.25, 0.3) is 6.08 Å². The van der Waals surface area contributed by atoms with Crippen molar-refractivity contribution in [3.8, 4) is 0 Å². The van der Waals surface area contributed by atoms with Gasteiger partial charge in [-0.1, -0.05) is 24.3 Å². The van der Waals surface area contributed by atoms with Crippen molar-refractivity contribution in [1.29, 1.82) is 0 Å². The van der Waals surface area contributed by atoms with E-state index < -0.39 is 20.0 Å². The van der Waals surface area contributed by atoms with Crippen LogP contribution in [0, 0.1) is 0 Å². The molecule has 3 rings (SSSR count). The molecule has 0 aromatic heterocycles. The van der Waals surface area contributed by atoms with Crippen LogP contribution in [0.5, 0.6) is 0 Å². The number of primary sulfonamides is 1. The van der Waals surface area contributed by atoms with E-state index in [9.17, 15) is 21.6 Å². The Balaban J connectivity index is 1.57. The minimum absolute atomic E-state index is 0.0389. The van der Waals surface area contributed by atoms with Gasteiger partial charge in [0.1, 0.15) is 0 Å². The second-order valence-electron chi connectivity index (χ2n) is 6.79. The van der Waals surface area contributed by atoms with Gasteiger partial charge in [-0.15, -0.1) is 0 Å². The summed E-state index contributed by atoms with van der Waals surface area (Å²) in [5.41, 5.74) is 1.70. The number of amides is 1. The van der Waals surface area contributed by atoms with Crippen molar-refractivity contribution >= 4 is 37.7 Å². The average Bonchev–Trinajstić information content (AvgIpc) is 3.44. The molecule has 0 radical (unpaired) electrons. The first kappa shape index (κ1) is 21.2. The lowest BCUT2D eigenvalue weighted by Crippen LogP contribution is -2.25. The van der Waals surface area contributed by atoms with Gasteiger partial charge in [0.2, 0.25) is 26.0 Å². The fourth-order valence-electron chi connectivity index (χ4n) is 2.52. The minimum atomic E-state index is -3.61. The normalized spacial score (nSPS) is 14.8. The largest absolute Gasteiger partial charge is 0.323 e. The predicted molar refractivity (Wildman–Crippen MR) is 111 cm³/mol. The first-order chi connectivity index (χ1) is 13.6. The zero-order valence-corrected chi connectivity index (χ0v) is 17.0. The Hall–Kier alpha value is -2.53. The lowest BCUT2D eigenvalue weighted by Gasteiger charge is -2.05. The maximum absolute atomic E-state index is 12.1. The van der Waals surface area contributed by atoms with Crippen LogP contribution in [0.3, 0.4) is 0 Å². The van der Waals surface area contributed by atoms with Gasteiger partial charge in [-0.3, -0.25) is 4.79 Å². The molecule has 2 aromatic carbocycles. The number of benzene rings is 2. The van der Waals surface area contributed by atoms with Crippen LogP contribution >= 0.6 is 0 Å². The molecule has 1 amide bonds. The Kier molecular flexibility index (Phi) is 6.18. The molecule has 0 aliphatic heterocycles. The molecule has 0 atom stereocenters. The maximum Gasteiger partial charge on any atom is 0.248 e. The van der Waals surface area contributed by atoms with Crippen molar-refractivity contribution in [3.05, 3.63) is 65.7 Å². The van der Waals surface area contributed by atoms with Gasteiger partial charge in [0.05, 0.1) is 10.6 Å². The number of anilines is 1. The highest BCUT2D eigenvalue weighted by atomic mass is 32.2. The minimum Gasteiger partial charge on any atom is -0.323 e. The third-order valence-electron chi connectivity index (χ3n) is 4.11. The molecule has 0 unspecified atom stereocenters. The Labute approximate surface area is 169 Å². The van der Waals surface area contributed by atoms with Crippen LogP contribution in [-0.2, 0) is 30.6 Å². The molecule has 8 nitrogen and oxygen atoms in total. The monoisotopic (exact) mass is 435 g/mol. The van der Waals surface area contributed by atoms with E-state index in [4.69, 9.17) is 5.14 Å². The summed E-state index contributed by atoms with van der Waals surface area (Å²) in [6, 6.07) is 12.6. The fourth-order valence-corrected chi connectivity index (χ4v) is 4.48. The summed E-state index contributed by atoms with van der Waals surface area (Å²) in [6.45, 7) is 0. The highest BCUT2D eigenvalue weighted by molar-refractivity contribution is 7.89. The lowest BCUT2D eigenvalue weighted by molar-refractivity contribution is -0.111. The molecule has 1 aliphatic carbocycles. The van der Waals surface area contributed by atoms with E-state index in [0.29, 0.717) is 16.8 Å². The highest BCUT2D eigenvalue weighted by Crippen LogP contribution is 2.22. The van der Waals surface area contributed by atoms with E-state index in [1.165, 1.54) is 18.2 Å². The molecule has 0 bridgehead atoms. The second kappa shape index (κ2) is 8.46. The summed E-state index contributed by atoms with van der Waals surface area (Å²) in [5, 5.41) is 7.65. The number of nitrogens with one attached hydrogen (secondary N) is 2. The fraction of sp³-hybridized carbons (Fsp3) is 0.211. The molecule has 29 heavy (non-hydrogen) atoms. The topological polar surface area (TPSA) is 135 Å². The number of carbonyl (C=O) groups is 1. The number of hydrogen-bond acceptors (Lipinski definition) is 5. The smallest absolute Gasteiger partial charge is 0.248 e. The summed E-state index contributed by atoms with van der Waals surface area (Å²) in [7, 11) is -7.11. The molecule has 2 aromatic rings. The van der Waals surface area contributed by atoms with Gasteiger partial charge in [-0.2, -0.15) is 0 Å². The lowest BCUT2D eigenvalue weighted by atomic mass is 10.2. The SMILES string of the molecule is NS(=O)(=O)Cc1ccc(NC(=O)/C=C/c2ccc(S(=O)(=O)NC3CC3)cc2)cc1. The maximum atomic E-state index is 12.1. The van der Waals surface area contributed by atoms with Crippen molar-refractivity contribution < 1.29 is 21.6 Å². The Morgan fingerprint density at radius 1 is 1.00 bits per heavy atom. The Morgan fingerprint density at radius 3 is 2.17 bits per heavy atom. The van der Waals surface area contributed by atoms with E-state index in [1.54, 1.807) is 42.5 Å². The van der Waals surface area contributed by atoms with E-state index in [1.807, 2.05) is 0 Å². The van der Waals surface area contributed by atoms with Gasteiger partial charge in [0, 0.05) is 17.8 Å². The molecule has 154 valence electrons. The van der Waals surface area contributed by atoms with Gasteiger partial charge in [-0.05, 0) is 54.3 Å². The third kappa shape index (κ3) is 6.79. The molecule has 1 saturated carbocycles. The molecule has 1 fully saturated rings. The summed E-state index contributed by atoms with van der Waals surface area (Å²) in [4.78, 5) is 12.2. The summed E-state index contributed by atoms with van der Waals surface area (Å²) in [6.07, 6.45) is 4.62. The predicted octanol–water partition coefficient (Wildman–Crippen LogP) is 1.57. The molecule has 1 aliphatic rings. The van der Waals surface area contributed by atoms with E-state index in [0.717, 1.165) is 12.8 Å². The Bertz CT molecular complexity index is 1120. The van der Waals surface area contributed by atoms with Crippen LogP contribution in [0.15, 0.2) is 59.5 Å². The van der Waals surface area contributed by atoms with Crippen molar-refractivity contribution in [2.24, 2.45) is 5.14 Å². The standard InChI is InChI=1S/C19H21N3O5S2/c20-28(24,25)13-15-1-6-16(7-2-15)21-19(23)12-5-14-3-10-18(11-4-14)29(26,27)22-17-8-9-17/h1-7,10-12,17,22H,8-9,13H2,(H,21,23)(H2,20,24,25)/b12-5+. The van der Waals surface area contributed by atoms with Crippen molar-refractivity contribution in [1.82, 2.24) is 4.72 Å². The van der Waals surface area contributed by atoms with Crippen molar-refractivity contribution in [3.63, 3.8) is 0 Å². The molecule has 10 heteroatoms. The molecular formula is C19H21N3O5S2. The van der Waals surface area contributed by atoms with E-state index >= 15 is 0 Å². The average molecular weight is 436 g/mol. The first-order valence-corrected chi connectivity index (χ1v) is 12.0. The van der Waals surface area contributed by atoms with E-state index in [2.05, 4.69) is 10.0 Å². The number of nitrogens with two attached hydrogens (primary N) is 1. The Morgan fingerprint density at radius 2 is 1.62 bits per heavy atom.